The number of aromatic nitrogens is 1. The molecule has 2 heterocycles. The quantitative estimate of drug-likeness (QED) is 0.814. The number of hydrogen-bond acceptors (Lipinski definition) is 6. The molecule has 0 unspecified atom stereocenters. The molecule has 0 spiro atoms. The molecule has 0 saturated carbocycles. The molecule has 0 aliphatic heterocycles. The van der Waals surface area contributed by atoms with Gasteiger partial charge in [-0.1, -0.05) is 0 Å². The lowest BCUT2D eigenvalue weighted by atomic mass is 10.2. The number of pyridine rings is 1. The zero-order valence-electron chi connectivity index (χ0n) is 13.2. The maximum absolute atomic E-state index is 11.9. The Morgan fingerprint density at radius 3 is 2.78 bits per heavy atom. The summed E-state index contributed by atoms with van der Waals surface area (Å²) < 4.78 is 15.2. The van der Waals surface area contributed by atoms with Crippen molar-refractivity contribution in [3.63, 3.8) is 0 Å². The molecule has 0 fully saturated rings. The van der Waals surface area contributed by atoms with E-state index in [2.05, 4.69) is 15.0 Å². The molecule has 2 aromatic heterocycles. The molecule has 0 radical (unpaired) electrons. The SMILES string of the molecule is COC(=O)c1cc(CNC(=O)Cc2cc(OC)ccn2)oc1C. The lowest BCUT2D eigenvalue weighted by Crippen LogP contribution is -2.24. The maximum Gasteiger partial charge on any atom is 0.341 e. The van der Waals surface area contributed by atoms with Crippen LogP contribution in [0.15, 0.2) is 28.8 Å². The predicted octanol–water partition coefficient (Wildman–Crippen LogP) is 1.64. The van der Waals surface area contributed by atoms with Crippen LogP contribution >= 0.6 is 0 Å². The minimum absolute atomic E-state index is 0.126. The van der Waals surface area contributed by atoms with Gasteiger partial charge < -0.3 is 19.2 Å². The van der Waals surface area contributed by atoms with Crippen LogP contribution in [0.1, 0.15) is 27.6 Å². The first kappa shape index (κ1) is 16.5. The molecule has 7 nitrogen and oxygen atoms in total. The lowest BCUT2D eigenvalue weighted by molar-refractivity contribution is -0.120. The monoisotopic (exact) mass is 318 g/mol. The molecule has 2 rings (SSSR count). The Bertz CT molecular complexity index is 708. The number of carbonyl (C=O) groups is 2. The highest BCUT2D eigenvalue weighted by Gasteiger charge is 2.15. The van der Waals surface area contributed by atoms with E-state index >= 15 is 0 Å². The number of furan rings is 1. The number of aryl methyl sites for hydroxylation is 1. The van der Waals surface area contributed by atoms with Crippen molar-refractivity contribution in [2.45, 2.75) is 19.9 Å². The Morgan fingerprint density at radius 1 is 1.30 bits per heavy atom. The second-order valence-corrected chi connectivity index (χ2v) is 4.81. The molecule has 122 valence electrons. The number of esters is 1. The molecule has 1 amide bonds. The van der Waals surface area contributed by atoms with Crippen molar-refractivity contribution < 1.29 is 23.5 Å². The predicted molar refractivity (Wildman–Crippen MR) is 81.1 cm³/mol. The van der Waals surface area contributed by atoms with Crippen molar-refractivity contribution >= 4 is 11.9 Å². The normalized spacial score (nSPS) is 10.2. The summed E-state index contributed by atoms with van der Waals surface area (Å²) in [6.45, 7) is 1.85. The molecule has 1 N–H and O–H groups in total. The average Bonchev–Trinajstić information content (AvgIpc) is 2.93. The molecule has 2 aromatic rings. The lowest BCUT2D eigenvalue weighted by Gasteiger charge is -2.04. The summed E-state index contributed by atoms with van der Waals surface area (Å²) in [5.41, 5.74) is 0.957. The van der Waals surface area contributed by atoms with Crippen LogP contribution in [0.2, 0.25) is 0 Å². The zero-order chi connectivity index (χ0) is 16.8. The molecule has 7 heteroatoms. The Labute approximate surface area is 133 Å². The number of nitrogens with zero attached hydrogens (tertiary/aromatic N) is 1. The summed E-state index contributed by atoms with van der Waals surface area (Å²) >= 11 is 0. The fourth-order valence-corrected chi connectivity index (χ4v) is 2.04. The third kappa shape index (κ3) is 4.32. The number of hydrogen-bond donors (Lipinski definition) is 1. The molecule has 23 heavy (non-hydrogen) atoms. The van der Waals surface area contributed by atoms with Gasteiger partial charge in [-0.15, -0.1) is 0 Å². The number of rotatable bonds is 6. The first-order valence-corrected chi connectivity index (χ1v) is 6.96. The highest BCUT2D eigenvalue weighted by Crippen LogP contribution is 2.15. The molecule has 0 aliphatic carbocycles. The van der Waals surface area contributed by atoms with Gasteiger partial charge in [0, 0.05) is 12.3 Å². The fraction of sp³-hybridized carbons (Fsp3) is 0.312. The van der Waals surface area contributed by atoms with E-state index in [4.69, 9.17) is 9.15 Å². The van der Waals surface area contributed by atoms with E-state index in [1.54, 1.807) is 38.4 Å². The molecule has 0 aliphatic rings. The van der Waals surface area contributed by atoms with E-state index < -0.39 is 5.97 Å². The first-order valence-electron chi connectivity index (χ1n) is 6.96. The summed E-state index contributed by atoms with van der Waals surface area (Å²) in [5.74, 6) is 0.904. The van der Waals surface area contributed by atoms with Gasteiger partial charge in [0.05, 0.1) is 32.9 Å². The Morgan fingerprint density at radius 2 is 2.09 bits per heavy atom. The Balaban J connectivity index is 1.92. The second-order valence-electron chi connectivity index (χ2n) is 4.81. The second kappa shape index (κ2) is 7.44. The van der Waals surface area contributed by atoms with Crippen molar-refractivity contribution in [1.82, 2.24) is 10.3 Å². The van der Waals surface area contributed by atoms with Crippen LogP contribution < -0.4 is 10.1 Å². The van der Waals surface area contributed by atoms with Gasteiger partial charge in [-0.3, -0.25) is 9.78 Å². The van der Waals surface area contributed by atoms with E-state index in [9.17, 15) is 9.59 Å². The van der Waals surface area contributed by atoms with Gasteiger partial charge in [0.2, 0.25) is 5.91 Å². The summed E-state index contributed by atoms with van der Waals surface area (Å²) in [5, 5.41) is 2.72. The van der Waals surface area contributed by atoms with Crippen molar-refractivity contribution in [2.75, 3.05) is 14.2 Å². The minimum atomic E-state index is -0.468. The number of methoxy groups -OCH3 is 2. The largest absolute Gasteiger partial charge is 0.497 e. The maximum atomic E-state index is 11.9. The van der Waals surface area contributed by atoms with Gasteiger partial charge in [-0.2, -0.15) is 0 Å². The Kier molecular flexibility index (Phi) is 5.35. The van der Waals surface area contributed by atoms with Crippen molar-refractivity contribution in [1.29, 1.82) is 0 Å². The minimum Gasteiger partial charge on any atom is -0.497 e. The van der Waals surface area contributed by atoms with Crippen LogP contribution in [0, 0.1) is 6.92 Å². The van der Waals surface area contributed by atoms with Crippen LogP contribution in [-0.2, 0) is 22.5 Å². The molecular weight excluding hydrogens is 300 g/mol. The summed E-state index contributed by atoms with van der Waals surface area (Å²) in [6.07, 6.45) is 1.71. The molecular formula is C16H18N2O5. The molecule has 0 bridgehead atoms. The van der Waals surface area contributed by atoms with Crippen LogP contribution in [-0.4, -0.2) is 31.1 Å². The average molecular weight is 318 g/mol. The van der Waals surface area contributed by atoms with Crippen molar-refractivity contribution in [3.05, 3.63) is 47.2 Å². The van der Waals surface area contributed by atoms with Gasteiger partial charge in [0.15, 0.2) is 0 Å². The van der Waals surface area contributed by atoms with Crippen molar-refractivity contribution in [2.24, 2.45) is 0 Å². The standard InChI is InChI=1S/C16H18N2O5/c1-10-14(16(20)22-3)8-13(23-10)9-18-15(19)7-11-6-12(21-2)4-5-17-11/h4-6,8H,7,9H2,1-3H3,(H,18,19). The third-order valence-electron chi connectivity index (χ3n) is 3.20. The zero-order valence-corrected chi connectivity index (χ0v) is 13.2. The van der Waals surface area contributed by atoms with E-state index in [1.165, 1.54) is 7.11 Å². The third-order valence-corrected chi connectivity index (χ3v) is 3.20. The van der Waals surface area contributed by atoms with Crippen LogP contribution in [0.5, 0.6) is 5.75 Å². The molecule has 0 saturated heterocycles. The topological polar surface area (TPSA) is 90.7 Å². The number of nitrogens with one attached hydrogen (secondary N) is 1. The van der Waals surface area contributed by atoms with Crippen LogP contribution in [0.3, 0.4) is 0 Å². The van der Waals surface area contributed by atoms with E-state index in [0.717, 1.165) is 0 Å². The number of ether oxygens (including phenoxy) is 2. The van der Waals surface area contributed by atoms with Gasteiger partial charge in [-0.25, -0.2) is 4.79 Å². The smallest absolute Gasteiger partial charge is 0.341 e. The number of carbonyl (C=O) groups excluding carboxylic acids is 2. The van der Waals surface area contributed by atoms with Crippen molar-refractivity contribution in [3.8, 4) is 5.75 Å². The van der Waals surface area contributed by atoms with Gasteiger partial charge in [0.1, 0.15) is 22.8 Å². The highest BCUT2D eigenvalue weighted by atomic mass is 16.5. The summed E-state index contributed by atoms with van der Waals surface area (Å²) in [6, 6.07) is 4.97. The van der Waals surface area contributed by atoms with E-state index in [1.807, 2.05) is 0 Å². The summed E-state index contributed by atoms with van der Waals surface area (Å²) in [7, 11) is 2.86. The van der Waals surface area contributed by atoms with Gasteiger partial charge in [0.25, 0.3) is 0 Å². The number of amides is 1. The van der Waals surface area contributed by atoms with Gasteiger partial charge in [-0.05, 0) is 19.1 Å². The first-order chi connectivity index (χ1) is 11.0. The summed E-state index contributed by atoms with van der Waals surface area (Å²) in [4.78, 5) is 27.5. The van der Waals surface area contributed by atoms with Crippen LogP contribution in [0.4, 0.5) is 0 Å². The molecule has 0 aromatic carbocycles. The Hall–Kier alpha value is -2.83. The highest BCUT2D eigenvalue weighted by molar-refractivity contribution is 5.90. The van der Waals surface area contributed by atoms with E-state index in [0.29, 0.717) is 28.5 Å². The molecule has 0 atom stereocenters. The van der Waals surface area contributed by atoms with Crippen LogP contribution in [0.25, 0.3) is 0 Å². The fourth-order valence-electron chi connectivity index (χ4n) is 2.04. The van der Waals surface area contributed by atoms with Gasteiger partial charge >= 0.3 is 5.97 Å². The van der Waals surface area contributed by atoms with E-state index in [-0.39, 0.29) is 18.9 Å².